The minimum absolute atomic E-state index is 0.0325. The van der Waals surface area contributed by atoms with Gasteiger partial charge in [0.2, 0.25) is 0 Å². The number of nitrogens with two attached hydrogens (primary N) is 1. The molecule has 26 heavy (non-hydrogen) atoms. The van der Waals surface area contributed by atoms with Gasteiger partial charge in [0.05, 0.1) is 5.56 Å². The van der Waals surface area contributed by atoms with E-state index in [0.717, 1.165) is 36.1 Å². The number of nitrogens with one attached hydrogen (secondary N) is 1. The quantitative estimate of drug-likeness (QED) is 0.762. The molecule has 0 unspecified atom stereocenters. The Balaban J connectivity index is 1.66. The van der Waals surface area contributed by atoms with E-state index in [-0.39, 0.29) is 18.3 Å². The maximum Gasteiger partial charge on any atom is 0.262 e. The molecule has 3 rings (SSSR count). The second-order valence-corrected chi connectivity index (χ2v) is 7.30. The smallest absolute Gasteiger partial charge is 0.262 e. The molecular weight excluding hydrogens is 352 g/mol. The van der Waals surface area contributed by atoms with E-state index in [4.69, 9.17) is 10.5 Å². The summed E-state index contributed by atoms with van der Waals surface area (Å²) in [5.74, 6) is -0.414. The van der Waals surface area contributed by atoms with Gasteiger partial charge in [-0.15, -0.1) is 11.3 Å². The second-order valence-electron chi connectivity index (χ2n) is 6.20. The molecule has 2 aromatic rings. The maximum absolute atomic E-state index is 12.2. The van der Waals surface area contributed by atoms with Gasteiger partial charge in [-0.2, -0.15) is 0 Å². The molecule has 0 fully saturated rings. The van der Waals surface area contributed by atoms with Crippen LogP contribution >= 0.6 is 11.3 Å². The van der Waals surface area contributed by atoms with E-state index in [2.05, 4.69) is 5.32 Å². The lowest BCUT2D eigenvalue weighted by Gasteiger charge is -2.11. The Bertz CT molecular complexity index is 855. The van der Waals surface area contributed by atoms with Crippen LogP contribution in [0.2, 0.25) is 0 Å². The first-order valence-corrected chi connectivity index (χ1v) is 9.25. The molecule has 0 radical (unpaired) electrons. The average Bonchev–Trinajstić information content (AvgIpc) is 2.98. The lowest BCUT2D eigenvalue weighted by molar-refractivity contribution is -0.118. The number of benzene rings is 1. The van der Waals surface area contributed by atoms with Crippen LogP contribution in [-0.4, -0.2) is 24.2 Å². The Morgan fingerprint density at radius 1 is 1.15 bits per heavy atom. The first-order valence-electron chi connectivity index (χ1n) is 8.43. The van der Waals surface area contributed by atoms with Crippen molar-refractivity contribution in [1.82, 2.24) is 0 Å². The summed E-state index contributed by atoms with van der Waals surface area (Å²) in [5.41, 5.74) is 7.51. The fourth-order valence-electron chi connectivity index (χ4n) is 3.01. The molecule has 0 saturated heterocycles. The topological polar surface area (TPSA) is 98.5 Å². The van der Waals surface area contributed by atoms with Gasteiger partial charge in [-0.3, -0.25) is 14.4 Å². The van der Waals surface area contributed by atoms with Gasteiger partial charge in [0, 0.05) is 10.4 Å². The number of rotatable bonds is 6. The summed E-state index contributed by atoms with van der Waals surface area (Å²) in [6, 6.07) is 6.58. The number of primary amides is 1. The standard InChI is InChI=1S/C19H20N2O4S/c1-11(22)12-6-8-13(9-7-12)25-10-16(23)21-19-17(18(20)24)14-4-2-3-5-15(14)26-19/h6-9H,2-5,10H2,1H3,(H2,20,24)(H,21,23). The molecule has 0 bridgehead atoms. The highest BCUT2D eigenvalue weighted by Crippen LogP contribution is 2.37. The lowest BCUT2D eigenvalue weighted by atomic mass is 9.95. The largest absolute Gasteiger partial charge is 0.484 e. The zero-order chi connectivity index (χ0) is 18.7. The first-order chi connectivity index (χ1) is 12.5. The van der Waals surface area contributed by atoms with E-state index in [9.17, 15) is 14.4 Å². The van der Waals surface area contributed by atoms with Crippen molar-refractivity contribution in [1.29, 1.82) is 0 Å². The summed E-state index contributed by atoms with van der Waals surface area (Å²) >= 11 is 1.42. The number of hydrogen-bond donors (Lipinski definition) is 2. The third kappa shape index (κ3) is 3.94. The highest BCUT2D eigenvalue weighted by atomic mass is 32.1. The lowest BCUT2D eigenvalue weighted by Crippen LogP contribution is -2.22. The van der Waals surface area contributed by atoms with Gasteiger partial charge < -0.3 is 15.8 Å². The number of fused-ring (bicyclic) bond motifs is 1. The van der Waals surface area contributed by atoms with Crippen molar-refractivity contribution < 1.29 is 19.1 Å². The van der Waals surface area contributed by atoms with Gasteiger partial charge >= 0.3 is 0 Å². The molecule has 136 valence electrons. The van der Waals surface area contributed by atoms with Crippen molar-refractivity contribution in [3.8, 4) is 5.75 Å². The van der Waals surface area contributed by atoms with Crippen molar-refractivity contribution in [2.45, 2.75) is 32.6 Å². The summed E-state index contributed by atoms with van der Waals surface area (Å²) in [6.07, 6.45) is 3.84. The van der Waals surface area contributed by atoms with Crippen LogP contribution in [0.25, 0.3) is 0 Å². The number of amides is 2. The van der Waals surface area contributed by atoms with Crippen molar-refractivity contribution in [3.05, 3.63) is 45.8 Å². The molecule has 1 aliphatic carbocycles. The normalized spacial score (nSPS) is 13.0. The van der Waals surface area contributed by atoms with E-state index < -0.39 is 5.91 Å². The van der Waals surface area contributed by atoms with E-state index in [0.29, 0.717) is 21.9 Å². The van der Waals surface area contributed by atoms with E-state index >= 15 is 0 Å². The molecule has 1 aliphatic rings. The molecule has 1 aromatic heterocycles. The second kappa shape index (κ2) is 7.70. The Labute approximate surface area is 155 Å². The number of carbonyl (C=O) groups is 3. The Hall–Kier alpha value is -2.67. The number of carbonyl (C=O) groups excluding carboxylic acids is 3. The van der Waals surface area contributed by atoms with Gasteiger partial charge in [0.15, 0.2) is 12.4 Å². The van der Waals surface area contributed by atoms with Crippen LogP contribution in [0.4, 0.5) is 5.00 Å². The van der Waals surface area contributed by atoms with Crippen LogP contribution in [0.3, 0.4) is 0 Å². The number of thiophene rings is 1. The van der Waals surface area contributed by atoms with E-state index in [1.165, 1.54) is 18.3 Å². The monoisotopic (exact) mass is 372 g/mol. The van der Waals surface area contributed by atoms with E-state index in [1.807, 2.05) is 0 Å². The third-order valence-electron chi connectivity index (χ3n) is 4.30. The molecule has 7 heteroatoms. The summed E-state index contributed by atoms with van der Waals surface area (Å²) in [7, 11) is 0. The fraction of sp³-hybridized carbons (Fsp3) is 0.316. The number of ketones is 1. The highest BCUT2D eigenvalue weighted by molar-refractivity contribution is 7.17. The predicted octanol–water partition coefficient (Wildman–Crippen LogP) is 2.95. The molecular formula is C19H20N2O4S. The third-order valence-corrected chi connectivity index (χ3v) is 5.51. The number of anilines is 1. The number of ether oxygens (including phenoxy) is 1. The Morgan fingerprint density at radius 3 is 2.50 bits per heavy atom. The molecule has 0 atom stereocenters. The molecule has 6 nitrogen and oxygen atoms in total. The van der Waals surface area contributed by atoms with Crippen LogP contribution in [0.1, 0.15) is 50.9 Å². The van der Waals surface area contributed by atoms with Crippen molar-refractivity contribution in [2.75, 3.05) is 11.9 Å². The summed E-state index contributed by atoms with van der Waals surface area (Å²) in [6.45, 7) is 1.29. The number of aryl methyl sites for hydroxylation is 1. The molecule has 3 N–H and O–H groups in total. The van der Waals surface area contributed by atoms with Crippen molar-refractivity contribution in [3.63, 3.8) is 0 Å². The van der Waals surface area contributed by atoms with Crippen LogP contribution in [-0.2, 0) is 17.6 Å². The predicted molar refractivity (Wildman–Crippen MR) is 100 cm³/mol. The Morgan fingerprint density at radius 2 is 1.85 bits per heavy atom. The summed E-state index contributed by atoms with van der Waals surface area (Å²) in [5, 5.41) is 3.25. The molecule has 1 aromatic carbocycles. The van der Waals surface area contributed by atoms with Crippen molar-refractivity contribution >= 4 is 33.9 Å². The Kier molecular flexibility index (Phi) is 5.37. The molecule has 0 saturated carbocycles. The van der Waals surface area contributed by atoms with Gasteiger partial charge in [0.25, 0.3) is 11.8 Å². The number of Topliss-reactive ketones (excluding diaryl/α,β-unsaturated/α-hetero) is 1. The highest BCUT2D eigenvalue weighted by Gasteiger charge is 2.24. The van der Waals surface area contributed by atoms with Gasteiger partial charge in [-0.1, -0.05) is 0 Å². The first kappa shape index (κ1) is 18.1. The minimum Gasteiger partial charge on any atom is -0.484 e. The fourth-order valence-corrected chi connectivity index (χ4v) is 4.32. The van der Waals surface area contributed by atoms with Gasteiger partial charge in [0.1, 0.15) is 10.8 Å². The van der Waals surface area contributed by atoms with Gasteiger partial charge in [-0.05, 0) is 62.4 Å². The van der Waals surface area contributed by atoms with Crippen LogP contribution < -0.4 is 15.8 Å². The molecule has 0 aliphatic heterocycles. The zero-order valence-electron chi connectivity index (χ0n) is 14.5. The SMILES string of the molecule is CC(=O)c1ccc(OCC(=O)Nc2sc3c(c2C(N)=O)CCCC3)cc1. The maximum atomic E-state index is 12.2. The number of hydrogen-bond acceptors (Lipinski definition) is 5. The van der Waals surface area contributed by atoms with E-state index in [1.54, 1.807) is 24.3 Å². The summed E-state index contributed by atoms with van der Waals surface area (Å²) < 4.78 is 5.44. The minimum atomic E-state index is -0.513. The summed E-state index contributed by atoms with van der Waals surface area (Å²) in [4.78, 5) is 36.4. The molecule has 0 spiro atoms. The van der Waals surface area contributed by atoms with Crippen LogP contribution in [0, 0.1) is 0 Å². The van der Waals surface area contributed by atoms with Crippen LogP contribution in [0.5, 0.6) is 5.75 Å². The average molecular weight is 372 g/mol. The van der Waals surface area contributed by atoms with Gasteiger partial charge in [-0.25, -0.2) is 0 Å². The molecule has 1 heterocycles. The van der Waals surface area contributed by atoms with Crippen LogP contribution in [0.15, 0.2) is 24.3 Å². The van der Waals surface area contributed by atoms with Crippen molar-refractivity contribution in [2.24, 2.45) is 5.73 Å². The molecule has 2 amide bonds. The zero-order valence-corrected chi connectivity index (χ0v) is 15.3.